The fraction of sp³-hybridized carbons (Fsp3) is 0.600. The van der Waals surface area contributed by atoms with Crippen molar-refractivity contribution in [2.45, 2.75) is 31.5 Å². The van der Waals surface area contributed by atoms with Crippen LogP contribution in [0.2, 0.25) is 0 Å². The average molecular weight is 293 g/mol. The van der Waals surface area contributed by atoms with Crippen molar-refractivity contribution in [3.63, 3.8) is 0 Å². The second-order valence-corrected chi connectivity index (χ2v) is 5.85. The van der Waals surface area contributed by atoms with E-state index in [1.54, 1.807) is 19.9 Å². The number of aryl methyl sites for hydroxylation is 2. The number of aromatic nitrogens is 2. The number of rotatable bonds is 3. The van der Waals surface area contributed by atoms with Gasteiger partial charge in [0.1, 0.15) is 0 Å². The minimum absolute atomic E-state index is 0. The van der Waals surface area contributed by atoms with Crippen LogP contribution in [0.5, 0.6) is 0 Å². The lowest BCUT2D eigenvalue weighted by Gasteiger charge is -2.11. The van der Waals surface area contributed by atoms with Crippen LogP contribution in [-0.4, -0.2) is 37.5 Å². The molecule has 6 nitrogen and oxygen atoms in total. The van der Waals surface area contributed by atoms with E-state index in [1.165, 1.54) is 0 Å². The molecular weight excluding hydrogens is 276 g/mol. The lowest BCUT2D eigenvalue weighted by Crippen LogP contribution is -2.37. The van der Waals surface area contributed by atoms with Gasteiger partial charge in [-0.3, -0.25) is 0 Å². The standard InChI is InChI=1S/C10H16N4O2S.ClH/c1-7-5-8(2)13-10(12-7)17(15,16)14-9-3-4-11-6-9;/h5,9,11,14H,3-4,6H2,1-2H3;1H/t9-;/m0./s1. The molecule has 1 aromatic rings. The van der Waals surface area contributed by atoms with Gasteiger partial charge in [0.2, 0.25) is 0 Å². The summed E-state index contributed by atoms with van der Waals surface area (Å²) in [4.78, 5) is 7.93. The monoisotopic (exact) mass is 292 g/mol. The molecule has 2 rings (SSSR count). The second-order valence-electron chi connectivity index (χ2n) is 4.24. The van der Waals surface area contributed by atoms with Gasteiger partial charge in [-0.05, 0) is 32.9 Å². The smallest absolute Gasteiger partial charge is 0.276 e. The average Bonchev–Trinajstić information content (AvgIpc) is 2.68. The molecule has 0 amide bonds. The number of hydrogen-bond acceptors (Lipinski definition) is 5. The highest BCUT2D eigenvalue weighted by Gasteiger charge is 2.25. The Kier molecular flexibility index (Phi) is 5.03. The molecule has 1 fully saturated rings. The molecule has 0 aromatic carbocycles. The molecule has 18 heavy (non-hydrogen) atoms. The summed E-state index contributed by atoms with van der Waals surface area (Å²) in [6, 6.07) is 1.68. The van der Waals surface area contributed by atoms with E-state index in [9.17, 15) is 8.42 Å². The van der Waals surface area contributed by atoms with Gasteiger partial charge in [0.05, 0.1) is 0 Å². The Hall–Kier alpha value is -0.760. The van der Waals surface area contributed by atoms with Crippen LogP contribution in [0.15, 0.2) is 11.2 Å². The number of sulfonamides is 1. The van der Waals surface area contributed by atoms with E-state index in [2.05, 4.69) is 20.0 Å². The largest absolute Gasteiger partial charge is 0.315 e. The fourth-order valence-corrected chi connectivity index (χ4v) is 3.11. The van der Waals surface area contributed by atoms with Crippen molar-refractivity contribution in [1.82, 2.24) is 20.0 Å². The minimum Gasteiger partial charge on any atom is -0.315 e. The molecule has 0 aliphatic carbocycles. The molecule has 1 aliphatic heterocycles. The highest BCUT2D eigenvalue weighted by atomic mass is 35.5. The number of hydrogen-bond donors (Lipinski definition) is 2. The fourth-order valence-electron chi connectivity index (χ4n) is 1.84. The van der Waals surface area contributed by atoms with Crippen molar-refractivity contribution in [3.05, 3.63) is 17.5 Å². The Labute approximate surface area is 113 Å². The molecule has 1 atom stereocenters. The SMILES string of the molecule is Cc1cc(C)nc(S(=O)(=O)N[C@H]2CCNC2)n1.Cl. The van der Waals surface area contributed by atoms with Gasteiger partial charge in [-0.2, -0.15) is 0 Å². The summed E-state index contributed by atoms with van der Waals surface area (Å²) < 4.78 is 26.7. The van der Waals surface area contributed by atoms with Crippen LogP contribution in [-0.2, 0) is 10.0 Å². The zero-order chi connectivity index (χ0) is 12.5. The molecule has 8 heteroatoms. The lowest BCUT2D eigenvalue weighted by molar-refractivity contribution is 0.550. The molecule has 1 aromatic heterocycles. The highest BCUT2D eigenvalue weighted by Crippen LogP contribution is 2.08. The third kappa shape index (κ3) is 3.61. The molecule has 1 saturated heterocycles. The summed E-state index contributed by atoms with van der Waals surface area (Å²) in [5.74, 6) is 0. The first-order valence-electron chi connectivity index (χ1n) is 5.53. The van der Waals surface area contributed by atoms with Crippen LogP contribution in [0.3, 0.4) is 0 Å². The van der Waals surface area contributed by atoms with Crippen molar-refractivity contribution in [3.8, 4) is 0 Å². The Morgan fingerprint density at radius 3 is 2.44 bits per heavy atom. The Morgan fingerprint density at radius 2 is 1.94 bits per heavy atom. The third-order valence-electron chi connectivity index (χ3n) is 2.58. The summed E-state index contributed by atoms with van der Waals surface area (Å²) in [6.45, 7) is 5.00. The van der Waals surface area contributed by atoms with Gasteiger partial charge in [0.25, 0.3) is 15.2 Å². The molecule has 0 unspecified atom stereocenters. The van der Waals surface area contributed by atoms with Crippen LogP contribution in [0.4, 0.5) is 0 Å². The molecule has 2 N–H and O–H groups in total. The van der Waals surface area contributed by atoms with Gasteiger partial charge < -0.3 is 5.32 Å². The molecule has 1 aliphatic rings. The van der Waals surface area contributed by atoms with E-state index in [1.807, 2.05) is 0 Å². The van der Waals surface area contributed by atoms with E-state index in [4.69, 9.17) is 0 Å². The molecule has 102 valence electrons. The summed E-state index contributed by atoms with van der Waals surface area (Å²) in [5, 5.41) is 2.96. The molecular formula is C10H17ClN4O2S. The van der Waals surface area contributed by atoms with E-state index < -0.39 is 10.0 Å². The van der Waals surface area contributed by atoms with Crippen molar-refractivity contribution >= 4 is 22.4 Å². The Balaban J connectivity index is 0.00000162. The predicted octanol–water partition coefficient (Wildman–Crippen LogP) is 0.155. The number of nitrogens with one attached hydrogen (secondary N) is 2. The van der Waals surface area contributed by atoms with Crippen LogP contribution in [0.25, 0.3) is 0 Å². The summed E-state index contributed by atoms with van der Waals surface area (Å²) in [6.07, 6.45) is 0.796. The summed E-state index contributed by atoms with van der Waals surface area (Å²) in [5.41, 5.74) is 1.31. The second kappa shape index (κ2) is 5.92. The van der Waals surface area contributed by atoms with E-state index >= 15 is 0 Å². The maximum atomic E-state index is 12.0. The van der Waals surface area contributed by atoms with Gasteiger partial charge in [-0.15, -0.1) is 12.4 Å². The lowest BCUT2D eigenvalue weighted by atomic mass is 10.3. The molecule has 0 radical (unpaired) electrons. The molecule has 2 heterocycles. The maximum absolute atomic E-state index is 12.0. The Bertz CT molecular complexity index is 494. The summed E-state index contributed by atoms with van der Waals surface area (Å²) in [7, 11) is -3.60. The van der Waals surface area contributed by atoms with Crippen LogP contribution < -0.4 is 10.0 Å². The van der Waals surface area contributed by atoms with Crippen molar-refractivity contribution in [2.24, 2.45) is 0 Å². The first kappa shape index (κ1) is 15.3. The maximum Gasteiger partial charge on any atom is 0.276 e. The van der Waals surface area contributed by atoms with Crippen LogP contribution in [0.1, 0.15) is 17.8 Å². The van der Waals surface area contributed by atoms with Crippen LogP contribution in [0, 0.1) is 13.8 Å². The predicted molar refractivity (Wildman–Crippen MR) is 70.4 cm³/mol. The molecule has 0 bridgehead atoms. The van der Waals surface area contributed by atoms with E-state index in [-0.39, 0.29) is 23.6 Å². The van der Waals surface area contributed by atoms with Gasteiger partial charge in [-0.1, -0.05) is 0 Å². The molecule has 0 saturated carbocycles. The van der Waals surface area contributed by atoms with E-state index in [0.29, 0.717) is 17.9 Å². The quantitative estimate of drug-likeness (QED) is 0.775. The third-order valence-corrected chi connectivity index (χ3v) is 3.89. The zero-order valence-corrected chi connectivity index (χ0v) is 11.9. The normalized spacial score (nSPS) is 19.6. The first-order chi connectivity index (χ1) is 7.97. The summed E-state index contributed by atoms with van der Waals surface area (Å²) >= 11 is 0. The Morgan fingerprint density at radius 1 is 1.33 bits per heavy atom. The zero-order valence-electron chi connectivity index (χ0n) is 10.3. The number of nitrogens with zero attached hydrogens (tertiary/aromatic N) is 2. The van der Waals surface area contributed by atoms with Crippen molar-refractivity contribution in [1.29, 1.82) is 0 Å². The highest BCUT2D eigenvalue weighted by molar-refractivity contribution is 7.89. The van der Waals surface area contributed by atoms with Crippen molar-refractivity contribution in [2.75, 3.05) is 13.1 Å². The topological polar surface area (TPSA) is 84.0 Å². The van der Waals surface area contributed by atoms with Gasteiger partial charge in [0.15, 0.2) is 0 Å². The van der Waals surface area contributed by atoms with Gasteiger partial charge >= 0.3 is 0 Å². The number of halogens is 1. The van der Waals surface area contributed by atoms with E-state index in [0.717, 1.165) is 13.0 Å². The van der Waals surface area contributed by atoms with Crippen molar-refractivity contribution < 1.29 is 8.42 Å². The van der Waals surface area contributed by atoms with Crippen LogP contribution >= 0.6 is 12.4 Å². The van der Waals surface area contributed by atoms with Gasteiger partial charge in [-0.25, -0.2) is 23.1 Å². The molecule has 0 spiro atoms. The first-order valence-corrected chi connectivity index (χ1v) is 7.01. The van der Waals surface area contributed by atoms with Gasteiger partial charge in [0, 0.05) is 24.0 Å². The minimum atomic E-state index is -3.60.